The van der Waals surface area contributed by atoms with Gasteiger partial charge in [-0.2, -0.15) is 0 Å². The number of rotatable bonds is 6. The van der Waals surface area contributed by atoms with Gasteiger partial charge in [-0.25, -0.2) is 4.79 Å². The fourth-order valence-electron chi connectivity index (χ4n) is 3.90. The van der Waals surface area contributed by atoms with E-state index >= 15 is 0 Å². The van der Waals surface area contributed by atoms with Gasteiger partial charge in [0.25, 0.3) is 0 Å². The zero-order valence-electron chi connectivity index (χ0n) is 18.3. The van der Waals surface area contributed by atoms with Gasteiger partial charge in [-0.3, -0.25) is 4.79 Å². The summed E-state index contributed by atoms with van der Waals surface area (Å²) in [5.74, 6) is -0.868. The molecule has 6 atom stereocenters. The monoisotopic (exact) mass is 434 g/mol. The third-order valence-corrected chi connectivity index (χ3v) is 11.2. The van der Waals surface area contributed by atoms with Gasteiger partial charge in [0, 0.05) is 6.92 Å². The van der Waals surface area contributed by atoms with Crippen LogP contribution in [0.5, 0.6) is 0 Å². The summed E-state index contributed by atoms with van der Waals surface area (Å²) in [6.07, 6.45) is -1.71. The summed E-state index contributed by atoms with van der Waals surface area (Å²) in [6, 6.07) is 8.78. The van der Waals surface area contributed by atoms with Crippen LogP contribution in [0, 0.1) is 0 Å². The second kappa shape index (κ2) is 7.15. The average Bonchev–Trinajstić information content (AvgIpc) is 3.55. The SMILES string of the molecule is CC(=O)O[C@H]1[C@H](O[Si](C)(C)C(C)(C)C)[C@@H]2O[C@@H]2[C@@H]2O[C@]12COC(=O)c1ccccc1. The summed E-state index contributed by atoms with van der Waals surface area (Å²) in [5, 5.41) is -0.0215. The van der Waals surface area contributed by atoms with Crippen LogP contribution in [-0.2, 0) is 28.2 Å². The lowest BCUT2D eigenvalue weighted by Crippen LogP contribution is -2.58. The Bertz CT molecular complexity index is 834. The lowest BCUT2D eigenvalue weighted by Gasteiger charge is -2.42. The number of fused-ring (bicyclic) bond motifs is 3. The van der Waals surface area contributed by atoms with Crippen molar-refractivity contribution in [1.29, 1.82) is 0 Å². The van der Waals surface area contributed by atoms with Gasteiger partial charge in [-0.15, -0.1) is 0 Å². The minimum Gasteiger partial charge on any atom is -0.459 e. The van der Waals surface area contributed by atoms with Crippen molar-refractivity contribution in [2.45, 2.75) is 81.9 Å². The summed E-state index contributed by atoms with van der Waals surface area (Å²) in [5.41, 5.74) is -0.471. The maximum absolute atomic E-state index is 12.5. The highest BCUT2D eigenvalue weighted by molar-refractivity contribution is 6.74. The van der Waals surface area contributed by atoms with Gasteiger partial charge < -0.3 is 23.4 Å². The summed E-state index contributed by atoms with van der Waals surface area (Å²) in [7, 11) is -2.18. The molecule has 0 radical (unpaired) electrons. The number of ether oxygens (including phenoxy) is 4. The van der Waals surface area contributed by atoms with E-state index in [1.54, 1.807) is 24.3 Å². The van der Waals surface area contributed by atoms with Gasteiger partial charge in [-0.1, -0.05) is 39.0 Å². The van der Waals surface area contributed by atoms with Crippen molar-refractivity contribution < 1.29 is 33.0 Å². The Balaban J connectivity index is 1.55. The Kier molecular flexibility index (Phi) is 5.12. The van der Waals surface area contributed by atoms with Gasteiger partial charge in [0.05, 0.1) is 5.56 Å². The van der Waals surface area contributed by atoms with E-state index in [4.69, 9.17) is 23.4 Å². The summed E-state index contributed by atoms with van der Waals surface area (Å²) < 4.78 is 29.8. The Labute approximate surface area is 178 Å². The first kappa shape index (κ1) is 21.5. The van der Waals surface area contributed by atoms with E-state index in [-0.39, 0.29) is 30.0 Å². The van der Waals surface area contributed by atoms with E-state index in [9.17, 15) is 9.59 Å². The van der Waals surface area contributed by atoms with E-state index in [1.165, 1.54) is 6.92 Å². The molecule has 7 nitrogen and oxygen atoms in total. The Morgan fingerprint density at radius 2 is 1.80 bits per heavy atom. The largest absolute Gasteiger partial charge is 0.459 e. The topological polar surface area (TPSA) is 86.9 Å². The van der Waals surface area contributed by atoms with Gasteiger partial charge in [0.15, 0.2) is 20.0 Å². The van der Waals surface area contributed by atoms with E-state index in [0.717, 1.165) is 0 Å². The van der Waals surface area contributed by atoms with Gasteiger partial charge in [0.1, 0.15) is 31.0 Å². The Morgan fingerprint density at radius 3 is 2.40 bits per heavy atom. The first-order valence-electron chi connectivity index (χ1n) is 10.4. The fourth-order valence-corrected chi connectivity index (χ4v) is 5.19. The molecule has 0 spiro atoms. The number of carbonyl (C=O) groups is 2. The molecule has 0 aromatic heterocycles. The summed E-state index contributed by atoms with van der Waals surface area (Å²) >= 11 is 0. The minimum atomic E-state index is -2.18. The van der Waals surface area contributed by atoms with Crippen LogP contribution >= 0.6 is 0 Å². The summed E-state index contributed by atoms with van der Waals surface area (Å²) in [4.78, 5) is 24.4. The van der Waals surface area contributed by atoms with Gasteiger partial charge in [-0.05, 0) is 30.3 Å². The van der Waals surface area contributed by atoms with E-state index < -0.39 is 38.1 Å². The molecule has 2 heterocycles. The molecule has 0 amide bonds. The third-order valence-electron chi connectivity index (χ3n) is 6.70. The molecule has 2 aliphatic heterocycles. The fraction of sp³-hybridized carbons (Fsp3) is 0.636. The average molecular weight is 435 g/mol. The molecule has 0 N–H and O–H groups in total. The maximum Gasteiger partial charge on any atom is 0.338 e. The lowest BCUT2D eigenvalue weighted by atomic mass is 9.84. The van der Waals surface area contributed by atoms with Crippen molar-refractivity contribution >= 4 is 20.3 Å². The normalized spacial score (nSPS) is 34.4. The first-order chi connectivity index (χ1) is 14.0. The number of esters is 2. The van der Waals surface area contributed by atoms with Crippen molar-refractivity contribution in [3.63, 3.8) is 0 Å². The molecule has 3 fully saturated rings. The molecule has 2 saturated heterocycles. The van der Waals surface area contributed by atoms with E-state index in [0.29, 0.717) is 5.56 Å². The number of hydrogen-bond donors (Lipinski definition) is 0. The maximum atomic E-state index is 12.5. The molecule has 4 rings (SSSR count). The predicted molar refractivity (Wildman–Crippen MR) is 111 cm³/mol. The van der Waals surface area contributed by atoms with Crippen LogP contribution in [0.15, 0.2) is 30.3 Å². The Morgan fingerprint density at radius 1 is 1.13 bits per heavy atom. The van der Waals surface area contributed by atoms with Crippen molar-refractivity contribution in [2.75, 3.05) is 6.61 Å². The molecule has 0 bridgehead atoms. The standard InChI is InChI=1S/C22H30O7Si/c1-13(23)26-18-17(29-30(5,6)21(2,3)4)15-16(27-15)19-22(18,28-19)12-25-20(24)14-10-8-7-9-11-14/h7-11,15-19H,12H2,1-6H3/t15-,16+,17-,18+,19+,22-/m1/s1. The van der Waals surface area contributed by atoms with Crippen LogP contribution in [-0.4, -0.2) is 63.0 Å². The number of epoxide rings is 2. The molecule has 1 saturated carbocycles. The van der Waals surface area contributed by atoms with Crippen LogP contribution in [0.3, 0.4) is 0 Å². The molecule has 8 heteroatoms. The Hall–Kier alpha value is -1.74. The summed E-state index contributed by atoms with van der Waals surface area (Å²) in [6.45, 7) is 12.1. The van der Waals surface area contributed by atoms with Gasteiger partial charge >= 0.3 is 11.9 Å². The van der Waals surface area contributed by atoms with Crippen molar-refractivity contribution in [3.8, 4) is 0 Å². The zero-order chi connectivity index (χ0) is 21.9. The number of benzene rings is 1. The van der Waals surface area contributed by atoms with Crippen molar-refractivity contribution in [1.82, 2.24) is 0 Å². The second-order valence-corrected chi connectivity index (χ2v) is 14.6. The highest BCUT2D eigenvalue weighted by atomic mass is 28.4. The molecule has 1 aromatic rings. The molecule has 164 valence electrons. The van der Waals surface area contributed by atoms with Crippen LogP contribution < -0.4 is 0 Å². The molecule has 1 aliphatic carbocycles. The molecule has 30 heavy (non-hydrogen) atoms. The van der Waals surface area contributed by atoms with Crippen LogP contribution in [0.4, 0.5) is 0 Å². The molecular weight excluding hydrogens is 404 g/mol. The zero-order valence-corrected chi connectivity index (χ0v) is 19.3. The van der Waals surface area contributed by atoms with E-state index in [2.05, 4.69) is 33.9 Å². The van der Waals surface area contributed by atoms with E-state index in [1.807, 2.05) is 6.07 Å². The number of hydrogen-bond acceptors (Lipinski definition) is 7. The van der Waals surface area contributed by atoms with Crippen molar-refractivity contribution in [3.05, 3.63) is 35.9 Å². The first-order valence-corrected chi connectivity index (χ1v) is 13.3. The molecular formula is C22H30O7Si. The molecule has 3 aliphatic rings. The minimum absolute atomic E-state index is 0.0206. The van der Waals surface area contributed by atoms with Crippen molar-refractivity contribution in [2.24, 2.45) is 0 Å². The predicted octanol–water partition coefficient (Wildman–Crippen LogP) is 3.08. The quantitative estimate of drug-likeness (QED) is 0.386. The number of carbonyl (C=O) groups excluding carboxylic acids is 2. The molecule has 1 aromatic carbocycles. The lowest BCUT2D eigenvalue weighted by molar-refractivity contribution is -0.160. The van der Waals surface area contributed by atoms with Crippen LogP contribution in [0.25, 0.3) is 0 Å². The molecule has 0 unspecified atom stereocenters. The van der Waals surface area contributed by atoms with Crippen LogP contribution in [0.1, 0.15) is 38.1 Å². The van der Waals surface area contributed by atoms with Crippen LogP contribution in [0.2, 0.25) is 18.1 Å². The highest BCUT2D eigenvalue weighted by Crippen LogP contribution is 2.58. The highest BCUT2D eigenvalue weighted by Gasteiger charge is 2.80. The third kappa shape index (κ3) is 3.70. The second-order valence-electron chi connectivity index (χ2n) is 9.87. The van der Waals surface area contributed by atoms with Gasteiger partial charge in [0.2, 0.25) is 0 Å². The smallest absolute Gasteiger partial charge is 0.338 e.